The Balaban J connectivity index is 1.66. The molecular formula is C21H33N3O3S-. The zero-order valence-corrected chi connectivity index (χ0v) is 18.4. The number of aliphatic hydroxyl groups is 1. The van der Waals surface area contributed by atoms with Gasteiger partial charge >= 0.3 is 0 Å². The molecule has 1 aliphatic carbocycles. The van der Waals surface area contributed by atoms with E-state index in [9.17, 15) is 14.5 Å². The van der Waals surface area contributed by atoms with Gasteiger partial charge in [0.15, 0.2) is 0 Å². The lowest BCUT2D eigenvalue weighted by molar-refractivity contribution is -0.266. The first-order valence-electron chi connectivity index (χ1n) is 10.1. The van der Waals surface area contributed by atoms with Gasteiger partial charge in [-0.3, -0.25) is 0 Å². The SMILES string of the molecule is CC1(C)c2ccc(C(O)CNC3CCC(C)([S-](=N)=O)CC3)cc2C(C)(C)N1[O]. The summed E-state index contributed by atoms with van der Waals surface area (Å²) in [4.78, 5) is 0. The maximum Gasteiger partial charge on any atom is 0.0914 e. The van der Waals surface area contributed by atoms with Gasteiger partial charge in [0.25, 0.3) is 0 Å². The Labute approximate surface area is 170 Å². The summed E-state index contributed by atoms with van der Waals surface area (Å²) in [6, 6.07) is 6.14. The topological polar surface area (TPSA) is 96.3 Å². The van der Waals surface area contributed by atoms with Crippen LogP contribution in [0.4, 0.5) is 0 Å². The summed E-state index contributed by atoms with van der Waals surface area (Å²) in [6.45, 7) is 10.1. The molecule has 1 heterocycles. The smallest absolute Gasteiger partial charge is 0.0914 e. The largest absolute Gasteiger partial charge is 0.444 e. The molecule has 0 spiro atoms. The minimum Gasteiger partial charge on any atom is -0.444 e. The molecule has 3 N–H and O–H groups in total. The second kappa shape index (κ2) is 7.36. The van der Waals surface area contributed by atoms with Gasteiger partial charge in [-0.1, -0.05) is 42.7 Å². The van der Waals surface area contributed by atoms with Gasteiger partial charge in [0.2, 0.25) is 0 Å². The van der Waals surface area contributed by atoms with Crippen molar-refractivity contribution in [3.8, 4) is 0 Å². The first-order chi connectivity index (χ1) is 12.9. The normalized spacial score (nSPS) is 30.4. The zero-order chi connectivity index (χ0) is 20.9. The third-order valence-corrected chi connectivity index (χ3v) is 8.16. The molecule has 1 saturated carbocycles. The summed E-state index contributed by atoms with van der Waals surface area (Å²) >= 11 is 0. The lowest BCUT2D eigenvalue weighted by atomic mass is 9.86. The highest BCUT2D eigenvalue weighted by Crippen LogP contribution is 2.48. The van der Waals surface area contributed by atoms with Crippen LogP contribution in [-0.2, 0) is 31.1 Å². The number of nitrogens with one attached hydrogen (secondary N) is 2. The van der Waals surface area contributed by atoms with Crippen molar-refractivity contribution in [2.24, 2.45) is 0 Å². The summed E-state index contributed by atoms with van der Waals surface area (Å²) < 4.78 is 18.7. The molecule has 1 radical (unpaired) electrons. The van der Waals surface area contributed by atoms with Crippen LogP contribution in [0, 0.1) is 4.78 Å². The van der Waals surface area contributed by atoms with E-state index in [1.54, 1.807) is 0 Å². The van der Waals surface area contributed by atoms with Gasteiger partial charge in [0.1, 0.15) is 0 Å². The highest BCUT2D eigenvalue weighted by molar-refractivity contribution is 7.75. The lowest BCUT2D eigenvalue weighted by Crippen LogP contribution is -2.41. The number of benzene rings is 1. The second-order valence-electron chi connectivity index (χ2n) is 9.63. The van der Waals surface area contributed by atoms with Gasteiger partial charge in [-0.15, -0.1) is 10.3 Å². The van der Waals surface area contributed by atoms with Crippen LogP contribution in [0.2, 0.25) is 0 Å². The van der Waals surface area contributed by atoms with Gasteiger partial charge < -0.3 is 19.4 Å². The van der Waals surface area contributed by atoms with E-state index in [1.807, 2.05) is 52.8 Å². The molecule has 1 aromatic rings. The molecule has 157 valence electrons. The molecule has 1 aliphatic heterocycles. The van der Waals surface area contributed by atoms with Crippen molar-refractivity contribution in [2.45, 2.75) is 88.3 Å². The molecular weight excluding hydrogens is 374 g/mol. The third kappa shape index (κ3) is 3.63. The maximum atomic E-state index is 12.7. The molecule has 28 heavy (non-hydrogen) atoms. The van der Waals surface area contributed by atoms with E-state index >= 15 is 0 Å². The molecule has 3 rings (SSSR count). The standard InChI is InChI=1S/C21H33N3O3S/c1-19(2)16-7-6-14(12-17(16)20(3,4)24(19)26)18(25)13-23-15-8-10-21(5,11-9-15)28(22)27/h6-7,12,15,18,22-23,25H,8-11,13H2,1-5H3/q-1. The van der Waals surface area contributed by atoms with Gasteiger partial charge in [-0.05, 0) is 57.2 Å². The zero-order valence-electron chi connectivity index (χ0n) is 17.5. The van der Waals surface area contributed by atoms with Gasteiger partial charge in [-0.2, -0.15) is 10.6 Å². The lowest BCUT2D eigenvalue weighted by Gasteiger charge is -2.40. The fourth-order valence-electron chi connectivity index (χ4n) is 4.74. The molecule has 0 saturated heterocycles. The predicted octanol–water partition coefficient (Wildman–Crippen LogP) is 3.87. The number of nitrogens with zero attached hydrogens (tertiary/aromatic N) is 1. The van der Waals surface area contributed by atoms with E-state index in [-0.39, 0.29) is 6.04 Å². The van der Waals surface area contributed by atoms with Crippen molar-refractivity contribution in [1.29, 1.82) is 4.78 Å². The number of hydroxylamine groups is 2. The number of fused-ring (bicyclic) bond motifs is 1. The van der Waals surface area contributed by atoms with Crippen LogP contribution in [0.25, 0.3) is 0 Å². The molecule has 1 fully saturated rings. The van der Waals surface area contributed by atoms with Crippen LogP contribution < -0.4 is 5.32 Å². The van der Waals surface area contributed by atoms with Crippen LogP contribution in [0.1, 0.15) is 83.1 Å². The minimum atomic E-state index is -1.55. The molecule has 0 bridgehead atoms. The number of rotatable bonds is 5. The average molecular weight is 408 g/mol. The highest BCUT2D eigenvalue weighted by Gasteiger charge is 2.50. The Morgan fingerprint density at radius 2 is 1.75 bits per heavy atom. The maximum absolute atomic E-state index is 12.7. The van der Waals surface area contributed by atoms with E-state index in [0.717, 1.165) is 47.4 Å². The number of hydrogen-bond donors (Lipinski definition) is 3. The summed E-state index contributed by atoms with van der Waals surface area (Å²) in [5.41, 5.74) is 1.62. The molecule has 2 aliphatic rings. The second-order valence-corrected chi connectivity index (χ2v) is 11.2. The monoisotopic (exact) mass is 407 g/mol. The van der Waals surface area contributed by atoms with Crippen LogP contribution in [0.5, 0.6) is 0 Å². The summed E-state index contributed by atoms with van der Waals surface area (Å²) in [6.07, 6.45) is 2.61. The van der Waals surface area contributed by atoms with Crippen molar-refractivity contribution in [1.82, 2.24) is 10.4 Å². The van der Waals surface area contributed by atoms with Crippen LogP contribution >= 0.6 is 0 Å². The van der Waals surface area contributed by atoms with Crippen molar-refractivity contribution in [2.75, 3.05) is 6.54 Å². The van der Waals surface area contributed by atoms with E-state index in [1.165, 1.54) is 0 Å². The van der Waals surface area contributed by atoms with Crippen molar-refractivity contribution in [3.63, 3.8) is 0 Å². The van der Waals surface area contributed by atoms with Crippen molar-refractivity contribution in [3.05, 3.63) is 34.9 Å². The van der Waals surface area contributed by atoms with Gasteiger partial charge in [-0.25, -0.2) is 0 Å². The highest BCUT2D eigenvalue weighted by atomic mass is 32.2. The van der Waals surface area contributed by atoms with E-state index in [0.29, 0.717) is 6.54 Å². The molecule has 1 atom stereocenters. The number of hydrogen-bond acceptors (Lipinski definition) is 6. The van der Waals surface area contributed by atoms with Crippen molar-refractivity contribution < 1.29 is 14.5 Å². The van der Waals surface area contributed by atoms with E-state index < -0.39 is 32.5 Å². The first kappa shape index (κ1) is 21.7. The van der Waals surface area contributed by atoms with E-state index in [2.05, 4.69) is 5.32 Å². The van der Waals surface area contributed by atoms with E-state index in [4.69, 9.17) is 4.78 Å². The predicted molar refractivity (Wildman–Crippen MR) is 109 cm³/mol. The Bertz CT molecular complexity index is 803. The molecule has 6 nitrogen and oxygen atoms in total. The molecule has 7 heteroatoms. The van der Waals surface area contributed by atoms with Crippen molar-refractivity contribution >= 4 is 10.6 Å². The van der Waals surface area contributed by atoms with Crippen LogP contribution in [0.3, 0.4) is 0 Å². The average Bonchev–Trinajstić information content (AvgIpc) is 2.78. The Morgan fingerprint density at radius 1 is 1.18 bits per heavy atom. The van der Waals surface area contributed by atoms with Gasteiger partial charge in [0.05, 0.1) is 17.2 Å². The Hall–Kier alpha value is -0.990. The number of aliphatic hydroxyl groups excluding tert-OH is 1. The first-order valence-corrected chi connectivity index (χ1v) is 11.2. The van der Waals surface area contributed by atoms with Gasteiger partial charge in [0, 0.05) is 12.6 Å². The molecule has 0 amide bonds. The molecule has 1 unspecified atom stereocenters. The summed E-state index contributed by atoms with van der Waals surface area (Å²) in [5.74, 6) is 0. The fourth-order valence-corrected chi connectivity index (χ4v) is 5.35. The minimum absolute atomic E-state index is 0.271. The molecule has 0 aromatic heterocycles. The summed E-state index contributed by atoms with van der Waals surface area (Å²) in [7, 11) is -1.55. The quantitative estimate of drug-likeness (QED) is 0.646. The Morgan fingerprint density at radius 3 is 2.32 bits per heavy atom. The molecule has 1 aromatic carbocycles. The third-order valence-electron chi connectivity index (χ3n) is 6.85. The summed E-state index contributed by atoms with van der Waals surface area (Å²) in [5, 5.41) is 28.0. The van der Waals surface area contributed by atoms with Crippen LogP contribution in [0.15, 0.2) is 18.2 Å². The Kier molecular flexibility index (Phi) is 5.71. The fraction of sp³-hybridized carbons (Fsp3) is 0.714. The van der Waals surface area contributed by atoms with Crippen LogP contribution in [-0.4, -0.2) is 27.5 Å².